The van der Waals surface area contributed by atoms with E-state index in [1.165, 1.54) is 4.90 Å². The molecule has 0 atom stereocenters. The van der Waals surface area contributed by atoms with Crippen LogP contribution in [0.15, 0.2) is 23.0 Å². The monoisotopic (exact) mass is 344 g/mol. The predicted octanol–water partition coefficient (Wildman–Crippen LogP) is 0.308. The fourth-order valence-electron chi connectivity index (χ4n) is 3.66. The highest BCUT2D eigenvalue weighted by Crippen LogP contribution is 2.31. The van der Waals surface area contributed by atoms with Crippen molar-refractivity contribution in [2.45, 2.75) is 33.2 Å². The van der Waals surface area contributed by atoms with E-state index < -0.39 is 11.5 Å². The van der Waals surface area contributed by atoms with Gasteiger partial charge in [0.2, 0.25) is 0 Å². The number of quaternary nitrogens is 1. The Labute approximate surface area is 147 Å². The standard InChI is InChI=1S/C19H25N3O3/c1-3-21(4-2)11-6-10-20-18(24)15-17(23)14-8-5-7-13-9-12-22(16(13)14)19(15)25/h5,7-8,23H,3-4,6,9-12H2,1-2H3,(H,20,24)/p+1. The zero-order valence-electron chi connectivity index (χ0n) is 14.9. The smallest absolute Gasteiger partial charge is 0.267 e. The van der Waals surface area contributed by atoms with E-state index in [4.69, 9.17) is 0 Å². The van der Waals surface area contributed by atoms with Crippen LogP contribution in [0.2, 0.25) is 0 Å². The third-order valence-electron chi connectivity index (χ3n) is 5.16. The Hall–Kier alpha value is -2.34. The van der Waals surface area contributed by atoms with E-state index in [0.717, 1.165) is 43.6 Å². The van der Waals surface area contributed by atoms with E-state index in [2.05, 4.69) is 19.2 Å². The number of carbonyl (C=O) groups is 1. The molecule has 0 aliphatic carbocycles. The maximum absolute atomic E-state index is 12.7. The minimum Gasteiger partial charge on any atom is -0.506 e. The Balaban J connectivity index is 1.80. The fraction of sp³-hybridized carbons (Fsp3) is 0.474. The van der Waals surface area contributed by atoms with Crippen LogP contribution in [0.1, 0.15) is 36.2 Å². The number of carbonyl (C=O) groups excluding carboxylic acids is 1. The number of aromatic nitrogens is 1. The van der Waals surface area contributed by atoms with Gasteiger partial charge in [0, 0.05) is 24.9 Å². The van der Waals surface area contributed by atoms with E-state index in [0.29, 0.717) is 18.5 Å². The average Bonchev–Trinajstić information content (AvgIpc) is 3.05. The first-order chi connectivity index (χ1) is 12.1. The molecule has 6 heteroatoms. The zero-order chi connectivity index (χ0) is 18.0. The van der Waals surface area contributed by atoms with Gasteiger partial charge in [-0.25, -0.2) is 0 Å². The number of pyridine rings is 1. The predicted molar refractivity (Wildman–Crippen MR) is 97.4 cm³/mol. The second-order valence-electron chi connectivity index (χ2n) is 6.56. The van der Waals surface area contributed by atoms with Gasteiger partial charge < -0.3 is 19.9 Å². The molecule has 0 fully saturated rings. The average molecular weight is 344 g/mol. The van der Waals surface area contributed by atoms with Gasteiger partial charge in [-0.05, 0) is 31.9 Å². The number of nitrogens with one attached hydrogen (secondary N) is 2. The van der Waals surface area contributed by atoms with Crippen LogP contribution in [0.5, 0.6) is 5.75 Å². The summed E-state index contributed by atoms with van der Waals surface area (Å²) in [6.07, 6.45) is 1.60. The minimum absolute atomic E-state index is 0.137. The molecule has 0 bridgehead atoms. The largest absolute Gasteiger partial charge is 0.506 e. The Morgan fingerprint density at radius 1 is 1.32 bits per heavy atom. The molecular formula is C19H26N3O3+. The van der Waals surface area contributed by atoms with E-state index in [1.54, 1.807) is 10.6 Å². The molecule has 1 aliphatic heterocycles. The van der Waals surface area contributed by atoms with Gasteiger partial charge >= 0.3 is 0 Å². The first-order valence-electron chi connectivity index (χ1n) is 9.07. The Morgan fingerprint density at radius 3 is 2.80 bits per heavy atom. The molecule has 2 heterocycles. The number of nitrogens with zero attached hydrogens (tertiary/aromatic N) is 1. The summed E-state index contributed by atoms with van der Waals surface area (Å²) in [4.78, 5) is 26.7. The molecule has 25 heavy (non-hydrogen) atoms. The van der Waals surface area contributed by atoms with Crippen molar-refractivity contribution in [1.82, 2.24) is 9.88 Å². The van der Waals surface area contributed by atoms with E-state index in [9.17, 15) is 14.7 Å². The molecular weight excluding hydrogens is 318 g/mol. The zero-order valence-corrected chi connectivity index (χ0v) is 14.9. The van der Waals surface area contributed by atoms with Crippen LogP contribution in [-0.2, 0) is 13.0 Å². The van der Waals surface area contributed by atoms with Gasteiger partial charge in [-0.2, -0.15) is 0 Å². The summed E-state index contributed by atoms with van der Waals surface area (Å²) in [6.45, 7) is 8.43. The number of benzene rings is 1. The SMILES string of the molecule is CC[NH+](CC)CCCNC(=O)c1c(O)c2cccc3c2n(c1=O)CC3. The Morgan fingerprint density at radius 2 is 2.08 bits per heavy atom. The van der Waals surface area contributed by atoms with Crippen molar-refractivity contribution in [3.63, 3.8) is 0 Å². The minimum atomic E-state index is -0.486. The fourth-order valence-corrected chi connectivity index (χ4v) is 3.66. The second-order valence-corrected chi connectivity index (χ2v) is 6.56. The van der Waals surface area contributed by atoms with Crippen LogP contribution in [-0.4, -0.2) is 41.8 Å². The van der Waals surface area contributed by atoms with Gasteiger partial charge in [0.25, 0.3) is 11.5 Å². The lowest BCUT2D eigenvalue weighted by molar-refractivity contribution is -0.896. The van der Waals surface area contributed by atoms with Crippen molar-refractivity contribution in [2.75, 3.05) is 26.2 Å². The molecule has 0 unspecified atom stereocenters. The topological polar surface area (TPSA) is 75.8 Å². The Bertz CT molecular complexity index is 853. The van der Waals surface area contributed by atoms with E-state index in [-0.39, 0.29) is 11.3 Å². The number of amides is 1. The summed E-state index contributed by atoms with van der Waals surface area (Å²) in [5, 5.41) is 13.9. The van der Waals surface area contributed by atoms with Gasteiger partial charge in [-0.1, -0.05) is 12.1 Å². The second kappa shape index (κ2) is 7.27. The molecule has 6 nitrogen and oxygen atoms in total. The molecule has 0 saturated carbocycles. The maximum atomic E-state index is 12.7. The molecule has 3 N–H and O–H groups in total. The van der Waals surface area contributed by atoms with Crippen molar-refractivity contribution in [1.29, 1.82) is 0 Å². The Kier molecular flexibility index (Phi) is 5.08. The number of rotatable bonds is 7. The molecule has 0 saturated heterocycles. The molecule has 2 aromatic rings. The van der Waals surface area contributed by atoms with Crippen LogP contribution >= 0.6 is 0 Å². The highest BCUT2D eigenvalue weighted by atomic mass is 16.3. The summed E-state index contributed by atoms with van der Waals surface area (Å²) in [6, 6.07) is 5.57. The molecule has 3 rings (SSSR count). The maximum Gasteiger partial charge on any atom is 0.267 e. The first-order valence-corrected chi connectivity index (χ1v) is 9.07. The lowest BCUT2D eigenvalue weighted by atomic mass is 10.1. The van der Waals surface area contributed by atoms with E-state index >= 15 is 0 Å². The van der Waals surface area contributed by atoms with Crippen LogP contribution < -0.4 is 15.8 Å². The van der Waals surface area contributed by atoms with Crippen molar-refractivity contribution < 1.29 is 14.8 Å². The number of hydrogen-bond donors (Lipinski definition) is 3. The molecule has 134 valence electrons. The summed E-state index contributed by atoms with van der Waals surface area (Å²) in [5.41, 5.74) is 1.26. The number of aromatic hydroxyl groups is 1. The lowest BCUT2D eigenvalue weighted by Gasteiger charge is -2.15. The van der Waals surface area contributed by atoms with Crippen molar-refractivity contribution in [3.05, 3.63) is 39.7 Å². The van der Waals surface area contributed by atoms with Crippen LogP contribution in [0.4, 0.5) is 0 Å². The van der Waals surface area contributed by atoms with Crippen molar-refractivity contribution in [2.24, 2.45) is 0 Å². The molecule has 1 aromatic carbocycles. The van der Waals surface area contributed by atoms with Crippen molar-refractivity contribution in [3.8, 4) is 5.75 Å². The van der Waals surface area contributed by atoms with Gasteiger partial charge in [-0.15, -0.1) is 0 Å². The molecule has 0 spiro atoms. The highest BCUT2D eigenvalue weighted by molar-refractivity contribution is 6.03. The normalized spacial score (nSPS) is 12.9. The van der Waals surface area contributed by atoms with E-state index in [1.807, 2.05) is 12.1 Å². The third kappa shape index (κ3) is 3.14. The van der Waals surface area contributed by atoms with Gasteiger partial charge in [0.15, 0.2) is 0 Å². The quantitative estimate of drug-likeness (QED) is 0.633. The number of para-hydroxylation sites is 1. The van der Waals surface area contributed by atoms with Crippen molar-refractivity contribution >= 4 is 16.8 Å². The van der Waals surface area contributed by atoms with Crippen LogP contribution in [0, 0.1) is 0 Å². The molecule has 1 aromatic heterocycles. The third-order valence-corrected chi connectivity index (χ3v) is 5.16. The number of hydrogen-bond acceptors (Lipinski definition) is 3. The summed E-state index contributed by atoms with van der Waals surface area (Å²) < 4.78 is 1.61. The summed E-state index contributed by atoms with van der Waals surface area (Å²) >= 11 is 0. The lowest BCUT2D eigenvalue weighted by Crippen LogP contribution is -3.11. The summed E-state index contributed by atoms with van der Waals surface area (Å²) in [7, 11) is 0. The van der Waals surface area contributed by atoms with Gasteiger partial charge in [0.1, 0.15) is 11.3 Å². The number of aryl methyl sites for hydroxylation is 2. The van der Waals surface area contributed by atoms with Gasteiger partial charge in [-0.3, -0.25) is 9.59 Å². The van der Waals surface area contributed by atoms with Crippen LogP contribution in [0.3, 0.4) is 0 Å². The molecule has 1 aliphatic rings. The first kappa shape index (κ1) is 17.5. The molecule has 0 radical (unpaired) electrons. The van der Waals surface area contributed by atoms with Crippen LogP contribution in [0.25, 0.3) is 10.9 Å². The molecule has 1 amide bonds. The summed E-state index contributed by atoms with van der Waals surface area (Å²) in [5.74, 6) is -0.688. The highest BCUT2D eigenvalue weighted by Gasteiger charge is 2.25. The van der Waals surface area contributed by atoms with Gasteiger partial charge in [0.05, 0.1) is 25.2 Å².